The van der Waals surface area contributed by atoms with E-state index in [1.54, 1.807) is 86.2 Å². The number of aromatic nitrogens is 9. The van der Waals surface area contributed by atoms with E-state index in [1.165, 1.54) is 33.3 Å². The molecule has 0 spiro atoms. The number of nitrogens with two attached hydrogens (primary N) is 1. The average Bonchev–Trinajstić information content (AvgIpc) is 1.97. The molecule has 92 heavy (non-hydrogen) atoms. The second-order valence-corrected chi connectivity index (χ2v) is 25.3. The van der Waals surface area contributed by atoms with Gasteiger partial charge in [-0.2, -0.15) is 5.26 Å². The van der Waals surface area contributed by atoms with Crippen LogP contribution in [0.3, 0.4) is 0 Å². The van der Waals surface area contributed by atoms with Crippen molar-refractivity contribution in [2.24, 2.45) is 5.73 Å². The summed E-state index contributed by atoms with van der Waals surface area (Å²) < 4.78 is 84.2. The van der Waals surface area contributed by atoms with Crippen LogP contribution >= 0.6 is 15.9 Å². The molecule has 3 N–H and O–H groups in total. The van der Waals surface area contributed by atoms with Crippen LogP contribution in [0.2, 0.25) is 0 Å². The zero-order valence-electron chi connectivity index (χ0n) is 51.3. The van der Waals surface area contributed by atoms with Crippen LogP contribution in [0.15, 0.2) is 133 Å². The number of carbonyl (C=O) groups excluding carboxylic acids is 4. The number of nitrogens with one attached hydrogen (secondary N) is 1. The molecule has 3 fully saturated rings. The molecule has 478 valence electrons. The first-order valence-electron chi connectivity index (χ1n) is 29.4. The fraction of sp³-hybridized carbons (Fsp3) is 0.364. The molecule has 3 saturated heterocycles. The molecule has 0 saturated carbocycles. The molecule has 12 rings (SSSR count). The highest BCUT2D eigenvalue weighted by Crippen LogP contribution is 2.34. The summed E-state index contributed by atoms with van der Waals surface area (Å²) >= 11 is 3.31. The van der Waals surface area contributed by atoms with Gasteiger partial charge in [0.1, 0.15) is 16.9 Å². The van der Waals surface area contributed by atoms with Crippen molar-refractivity contribution in [1.82, 2.24) is 58.7 Å². The molecular weight excluding hydrogens is 1260 g/mol. The van der Waals surface area contributed by atoms with Crippen molar-refractivity contribution < 1.29 is 45.5 Å². The maximum absolute atomic E-state index is 13.4. The summed E-state index contributed by atoms with van der Waals surface area (Å²) in [4.78, 5) is 85.9. The monoisotopic (exact) mass is 1330 g/mol. The van der Waals surface area contributed by atoms with E-state index in [-0.39, 0.29) is 95.5 Å². The van der Waals surface area contributed by atoms with Crippen molar-refractivity contribution in [3.8, 4) is 17.4 Å². The van der Waals surface area contributed by atoms with E-state index in [1.807, 2.05) is 74.9 Å². The van der Waals surface area contributed by atoms with Gasteiger partial charge in [-0.3, -0.25) is 43.3 Å². The zero-order valence-corrected chi connectivity index (χ0v) is 52.9. The van der Waals surface area contributed by atoms with Gasteiger partial charge >= 0.3 is 0 Å². The Hall–Kier alpha value is -9.56. The Morgan fingerprint density at radius 3 is 1.39 bits per heavy atom. The van der Waals surface area contributed by atoms with E-state index in [9.17, 15) is 45.5 Å². The van der Waals surface area contributed by atoms with Gasteiger partial charge in [-0.15, -0.1) is 0 Å². The van der Waals surface area contributed by atoms with Crippen molar-refractivity contribution >= 4 is 72.7 Å². The number of hydrogen-bond donors (Lipinski definition) is 2. The number of H-pyrrole nitrogens is 1. The van der Waals surface area contributed by atoms with E-state index >= 15 is 0 Å². The number of carbonyl (C=O) groups is 4. The Balaban J connectivity index is 0.000000153. The predicted octanol–water partition coefficient (Wildman–Crippen LogP) is 12.6. The summed E-state index contributed by atoms with van der Waals surface area (Å²) in [5.74, 6) is -9.31. The summed E-state index contributed by atoms with van der Waals surface area (Å²) in [6.45, 7) is 18.6. The number of rotatable bonds is 9. The minimum absolute atomic E-state index is 0.0268. The molecule has 3 aliphatic heterocycles. The highest BCUT2D eigenvalue weighted by atomic mass is 79.9. The molecule has 0 radical (unpaired) electrons. The first-order valence-corrected chi connectivity index (χ1v) is 30.2. The second kappa shape index (κ2) is 26.7. The number of primary amides is 1. The number of nitrogens with zero attached hydrogens (tertiary/aromatic N) is 13. The predicted molar refractivity (Wildman–Crippen MR) is 337 cm³/mol. The van der Waals surface area contributed by atoms with Crippen LogP contribution < -0.4 is 5.73 Å². The van der Waals surface area contributed by atoms with Gasteiger partial charge in [0.25, 0.3) is 41.0 Å². The molecule has 0 aromatic carbocycles. The lowest BCUT2D eigenvalue weighted by molar-refractivity contribution is -0.122. The van der Waals surface area contributed by atoms with E-state index in [0.717, 1.165) is 37.4 Å². The minimum Gasteiger partial charge on any atom is -0.369 e. The lowest BCUT2D eigenvalue weighted by Crippen LogP contribution is -2.42. The Morgan fingerprint density at radius 2 is 0.967 bits per heavy atom. The number of pyridine rings is 6. The fourth-order valence-electron chi connectivity index (χ4n) is 10.2. The number of likely N-dealkylation sites (tertiary alicyclic amines) is 3. The number of amides is 4. The topological polar surface area (TPSA) is 235 Å². The van der Waals surface area contributed by atoms with Crippen molar-refractivity contribution in [3.05, 3.63) is 178 Å². The smallest absolute Gasteiger partial charge is 0.255 e. The van der Waals surface area contributed by atoms with Crippen LogP contribution in [-0.2, 0) is 21.2 Å². The third-order valence-electron chi connectivity index (χ3n) is 16.6. The van der Waals surface area contributed by atoms with Crippen LogP contribution in [0.1, 0.15) is 128 Å². The quantitative estimate of drug-likeness (QED) is 0.102. The van der Waals surface area contributed by atoms with Gasteiger partial charge < -0.3 is 30.3 Å². The standard InChI is InChI=1S/C22H23F2N5O2.C22H21F2N5O.C13H13F2N3O.C9H9BrN2/c1-21(2,20(25)31)16-10-17(13-26-12-16)29-6-3-14-9-15(11-27-18(14)29)19(30)28-7-4-22(23,24)5-8-28;1-21(2,25-3)17-11-18(14-26-13-17)29-7-4-15-10-16(12-27-19(15)29)20(30)28-8-5-22(23,24)6-9-28;14-13(15)2-5-18(6-3-13)12(19)10-7-9-1-4-16-11(9)17-8-10;1-9(2,6-11)7-3-8(10)5-12-4-7/h3,6,9-13H,4-5,7-8H2,1-2H3,(H2,25,31);4,7,10-14H,5-6,8-9H2,1-2H3;1,4,7-8H,2-3,5-6H2,(H,16,17);3-5H,1-2H3. The molecule has 12 heterocycles. The molecule has 26 heteroatoms. The third kappa shape index (κ3) is 15.4. The molecule has 4 amide bonds. The molecule has 0 bridgehead atoms. The summed E-state index contributed by atoms with van der Waals surface area (Å²) in [7, 11) is 0. The number of hydrogen-bond acceptors (Lipinski definition) is 11. The fourth-order valence-corrected chi connectivity index (χ4v) is 10.6. The van der Waals surface area contributed by atoms with E-state index < -0.39 is 40.0 Å². The van der Waals surface area contributed by atoms with E-state index in [2.05, 4.69) is 61.7 Å². The number of aromatic amines is 1. The highest BCUT2D eigenvalue weighted by molar-refractivity contribution is 9.10. The lowest BCUT2D eigenvalue weighted by Gasteiger charge is -2.31. The Kier molecular flexibility index (Phi) is 19.4. The summed E-state index contributed by atoms with van der Waals surface area (Å²) in [5, 5.41) is 11.2. The molecule has 3 aliphatic rings. The van der Waals surface area contributed by atoms with Crippen molar-refractivity contribution in [1.29, 1.82) is 5.26 Å². The lowest BCUT2D eigenvalue weighted by atomic mass is 9.85. The van der Waals surface area contributed by atoms with Gasteiger partial charge in [0.05, 0.1) is 62.9 Å². The summed E-state index contributed by atoms with van der Waals surface area (Å²) in [6.07, 6.45) is 18.0. The van der Waals surface area contributed by atoms with Crippen molar-refractivity contribution in [3.63, 3.8) is 0 Å². The van der Waals surface area contributed by atoms with E-state index in [4.69, 9.17) is 17.6 Å². The molecular formula is C66H66BrF6N15O4. The first-order chi connectivity index (χ1) is 43.4. The Morgan fingerprint density at radius 1 is 0.565 bits per heavy atom. The van der Waals surface area contributed by atoms with Crippen molar-refractivity contribution in [2.75, 3.05) is 39.3 Å². The summed E-state index contributed by atoms with van der Waals surface area (Å²) in [5.41, 5.74) is 10.5. The maximum atomic E-state index is 13.4. The molecule has 9 aromatic heterocycles. The maximum Gasteiger partial charge on any atom is 0.255 e. The van der Waals surface area contributed by atoms with Gasteiger partial charge in [-0.25, -0.2) is 47.9 Å². The average molecular weight is 1330 g/mol. The first kappa shape index (κ1) is 66.8. The molecule has 0 atom stereocenters. The molecule has 0 unspecified atom stereocenters. The van der Waals surface area contributed by atoms with E-state index in [0.29, 0.717) is 44.9 Å². The molecule has 0 aliphatic carbocycles. The zero-order chi connectivity index (χ0) is 66.6. The molecule has 9 aromatic rings. The minimum atomic E-state index is -2.71. The summed E-state index contributed by atoms with van der Waals surface area (Å²) in [6, 6.07) is 18.5. The highest BCUT2D eigenvalue weighted by Gasteiger charge is 2.39. The Labute approximate surface area is 534 Å². The van der Waals surface area contributed by atoms with Gasteiger partial charge in [-0.05, 0) is 109 Å². The van der Waals surface area contributed by atoms with Gasteiger partial charge in [0.2, 0.25) is 5.91 Å². The molecule has 19 nitrogen and oxygen atoms in total. The van der Waals surface area contributed by atoms with Crippen LogP contribution in [0.25, 0.3) is 49.3 Å². The number of alkyl halides is 6. The van der Waals surface area contributed by atoms with Crippen LogP contribution in [0.4, 0.5) is 26.3 Å². The van der Waals surface area contributed by atoms with Gasteiger partial charge in [0, 0.05) is 174 Å². The van der Waals surface area contributed by atoms with Crippen LogP contribution in [0, 0.1) is 17.9 Å². The van der Waals surface area contributed by atoms with Crippen LogP contribution in [-0.4, -0.2) is 139 Å². The second-order valence-electron chi connectivity index (χ2n) is 24.4. The number of nitriles is 1. The Bertz CT molecular complexity index is 4290. The van der Waals surface area contributed by atoms with Crippen molar-refractivity contribution in [2.45, 2.75) is 114 Å². The normalized spacial score (nSPS) is 16.2. The SMILES string of the molecule is CC(C)(C#N)c1cncc(Br)c1.CC(C)(C(N)=O)c1cncc(-n2ccc3cc(C(=O)N4CCC(F)(F)CC4)cnc32)c1.O=C(c1cnc2[nH]ccc2c1)N1CCC(F)(F)CC1.[C-]#[N+]C(C)(C)c1cncc(-n2ccc3cc(C(=O)N4CCC(F)(F)CC4)cnc32)c1. The number of fused-ring (bicyclic) bond motifs is 3. The largest absolute Gasteiger partial charge is 0.369 e. The van der Waals surface area contributed by atoms with Gasteiger partial charge in [-0.1, -0.05) is 0 Å². The van der Waals surface area contributed by atoms with Crippen LogP contribution in [0.5, 0.6) is 0 Å². The number of piperidine rings is 3. The number of halogens is 7. The van der Waals surface area contributed by atoms with Gasteiger partial charge in [0.15, 0.2) is 0 Å². The third-order valence-corrected chi connectivity index (χ3v) is 17.0.